The van der Waals surface area contributed by atoms with Crippen LogP contribution >= 0.6 is 11.6 Å². The minimum atomic E-state index is 0.0563. The Morgan fingerprint density at radius 1 is 1.11 bits per heavy atom. The Labute approximate surface area is 121 Å². The summed E-state index contributed by atoms with van der Waals surface area (Å²) in [7, 11) is 0. The topological polar surface area (TPSA) is 29.1 Å². The molecule has 1 unspecified atom stereocenters. The first-order chi connectivity index (χ1) is 9.04. The first-order valence-corrected chi connectivity index (χ1v) is 8.40. The van der Waals surface area contributed by atoms with Crippen molar-refractivity contribution in [3.63, 3.8) is 0 Å². The van der Waals surface area contributed by atoms with E-state index in [0.717, 1.165) is 11.8 Å². The molecule has 1 N–H and O–H groups in total. The third-order valence-electron chi connectivity index (χ3n) is 5.72. The molecule has 0 aromatic heterocycles. The van der Waals surface area contributed by atoms with Crippen LogP contribution in [0.5, 0.6) is 0 Å². The molecule has 0 heterocycles. The van der Waals surface area contributed by atoms with Crippen LogP contribution in [0, 0.1) is 35.5 Å². The van der Waals surface area contributed by atoms with E-state index in [2.05, 4.69) is 19.2 Å². The van der Waals surface area contributed by atoms with E-state index in [9.17, 15) is 4.79 Å². The van der Waals surface area contributed by atoms with Gasteiger partial charge in [0, 0.05) is 12.5 Å². The maximum Gasteiger partial charge on any atom is 0.223 e. The van der Waals surface area contributed by atoms with Crippen LogP contribution < -0.4 is 5.32 Å². The molecule has 0 saturated heterocycles. The molecule has 2 nitrogen and oxygen atoms in total. The van der Waals surface area contributed by atoms with E-state index in [-0.39, 0.29) is 5.38 Å². The summed E-state index contributed by atoms with van der Waals surface area (Å²) in [5.74, 6) is 4.21. The van der Waals surface area contributed by atoms with E-state index < -0.39 is 0 Å². The van der Waals surface area contributed by atoms with Crippen LogP contribution in [0.25, 0.3) is 0 Å². The SMILES string of the molecule is CC(C)C(Cl)CNC(=O)C1C2CC3CC(C2)CC1C3. The van der Waals surface area contributed by atoms with Crippen LogP contribution in [0.1, 0.15) is 46.0 Å². The normalized spacial score (nSPS) is 41.6. The zero-order valence-corrected chi connectivity index (χ0v) is 12.8. The molecule has 0 spiro atoms. The summed E-state index contributed by atoms with van der Waals surface area (Å²) >= 11 is 6.23. The number of carbonyl (C=O) groups is 1. The highest BCUT2D eigenvalue weighted by Crippen LogP contribution is 2.56. The van der Waals surface area contributed by atoms with Crippen molar-refractivity contribution in [3.8, 4) is 0 Å². The van der Waals surface area contributed by atoms with Gasteiger partial charge in [-0.2, -0.15) is 0 Å². The lowest BCUT2D eigenvalue weighted by Crippen LogP contribution is -2.51. The highest BCUT2D eigenvalue weighted by Gasteiger charge is 2.50. The van der Waals surface area contributed by atoms with Crippen molar-refractivity contribution < 1.29 is 4.79 Å². The van der Waals surface area contributed by atoms with E-state index in [4.69, 9.17) is 11.6 Å². The van der Waals surface area contributed by atoms with Crippen LogP contribution in [-0.4, -0.2) is 17.8 Å². The van der Waals surface area contributed by atoms with Crippen molar-refractivity contribution >= 4 is 17.5 Å². The Bertz CT molecular complexity index is 327. The molecule has 4 aliphatic carbocycles. The van der Waals surface area contributed by atoms with Gasteiger partial charge in [0.2, 0.25) is 5.91 Å². The molecule has 3 heteroatoms. The molecule has 4 rings (SSSR count). The fourth-order valence-electron chi connectivity index (χ4n) is 4.90. The summed E-state index contributed by atoms with van der Waals surface area (Å²) in [4.78, 5) is 12.5. The second-order valence-corrected chi connectivity index (χ2v) is 8.02. The molecule has 0 aliphatic heterocycles. The number of carbonyl (C=O) groups excluding carboxylic acids is 1. The lowest BCUT2D eigenvalue weighted by Gasteiger charge is -2.53. The Morgan fingerprint density at radius 3 is 2.11 bits per heavy atom. The van der Waals surface area contributed by atoms with Gasteiger partial charge in [-0.3, -0.25) is 4.79 Å². The molecule has 1 atom stereocenters. The average molecular weight is 284 g/mol. The van der Waals surface area contributed by atoms with Crippen molar-refractivity contribution in [2.24, 2.45) is 35.5 Å². The molecule has 4 aliphatic rings. The quantitative estimate of drug-likeness (QED) is 0.787. The minimum Gasteiger partial charge on any atom is -0.354 e. The summed E-state index contributed by atoms with van der Waals surface area (Å²) in [6.45, 7) is 4.83. The van der Waals surface area contributed by atoms with Gasteiger partial charge in [-0.15, -0.1) is 11.6 Å². The number of alkyl halides is 1. The highest BCUT2D eigenvalue weighted by molar-refractivity contribution is 6.21. The van der Waals surface area contributed by atoms with Crippen LogP contribution in [0.2, 0.25) is 0 Å². The Kier molecular flexibility index (Phi) is 3.81. The van der Waals surface area contributed by atoms with Gasteiger partial charge in [0.15, 0.2) is 0 Å². The zero-order valence-electron chi connectivity index (χ0n) is 12.1. The van der Waals surface area contributed by atoms with Crippen LogP contribution in [0.15, 0.2) is 0 Å². The summed E-state index contributed by atoms with van der Waals surface area (Å²) in [6.07, 6.45) is 6.66. The van der Waals surface area contributed by atoms with Crippen molar-refractivity contribution in [1.82, 2.24) is 5.32 Å². The maximum atomic E-state index is 12.5. The number of amides is 1. The van der Waals surface area contributed by atoms with E-state index in [0.29, 0.717) is 36.1 Å². The van der Waals surface area contributed by atoms with Gasteiger partial charge < -0.3 is 5.32 Å². The summed E-state index contributed by atoms with van der Waals surface area (Å²) in [6, 6.07) is 0. The van der Waals surface area contributed by atoms with Gasteiger partial charge >= 0.3 is 0 Å². The molecule has 108 valence electrons. The molecular formula is C16H26ClNO. The Morgan fingerprint density at radius 2 is 1.63 bits per heavy atom. The molecule has 4 bridgehead atoms. The number of hydrogen-bond donors (Lipinski definition) is 1. The third-order valence-corrected chi connectivity index (χ3v) is 6.38. The number of halogens is 1. The second kappa shape index (κ2) is 5.27. The van der Waals surface area contributed by atoms with E-state index in [1.807, 2.05) is 0 Å². The van der Waals surface area contributed by atoms with E-state index >= 15 is 0 Å². The van der Waals surface area contributed by atoms with Gasteiger partial charge in [-0.05, 0) is 61.7 Å². The fourth-order valence-corrected chi connectivity index (χ4v) is 4.98. The van der Waals surface area contributed by atoms with Crippen LogP contribution in [0.3, 0.4) is 0 Å². The zero-order chi connectivity index (χ0) is 13.6. The molecule has 4 fully saturated rings. The van der Waals surface area contributed by atoms with Crippen LogP contribution in [0.4, 0.5) is 0 Å². The van der Waals surface area contributed by atoms with E-state index in [1.165, 1.54) is 32.1 Å². The fraction of sp³-hybridized carbons (Fsp3) is 0.938. The van der Waals surface area contributed by atoms with Crippen LogP contribution in [-0.2, 0) is 4.79 Å². The predicted molar refractivity (Wildman–Crippen MR) is 78.0 cm³/mol. The highest BCUT2D eigenvalue weighted by atomic mass is 35.5. The van der Waals surface area contributed by atoms with Gasteiger partial charge in [0.25, 0.3) is 0 Å². The predicted octanol–water partition coefficient (Wildman–Crippen LogP) is 3.44. The van der Waals surface area contributed by atoms with Crippen molar-refractivity contribution in [1.29, 1.82) is 0 Å². The maximum absolute atomic E-state index is 12.5. The minimum absolute atomic E-state index is 0.0563. The van der Waals surface area contributed by atoms with E-state index in [1.54, 1.807) is 0 Å². The monoisotopic (exact) mass is 283 g/mol. The summed E-state index contributed by atoms with van der Waals surface area (Å²) < 4.78 is 0. The smallest absolute Gasteiger partial charge is 0.223 e. The lowest BCUT2D eigenvalue weighted by molar-refractivity contribution is -0.138. The van der Waals surface area contributed by atoms with Crippen molar-refractivity contribution in [3.05, 3.63) is 0 Å². The molecule has 19 heavy (non-hydrogen) atoms. The van der Waals surface area contributed by atoms with Crippen molar-refractivity contribution in [2.75, 3.05) is 6.54 Å². The molecular weight excluding hydrogens is 258 g/mol. The van der Waals surface area contributed by atoms with Gasteiger partial charge in [0.1, 0.15) is 0 Å². The summed E-state index contributed by atoms with van der Waals surface area (Å²) in [5, 5.41) is 3.18. The first kappa shape index (κ1) is 13.7. The molecule has 0 aromatic rings. The Hall–Kier alpha value is -0.240. The molecule has 1 amide bonds. The van der Waals surface area contributed by atoms with Gasteiger partial charge in [0.05, 0.1) is 5.38 Å². The van der Waals surface area contributed by atoms with Gasteiger partial charge in [-0.25, -0.2) is 0 Å². The van der Waals surface area contributed by atoms with Crippen molar-refractivity contribution in [2.45, 2.75) is 51.3 Å². The molecule has 4 saturated carbocycles. The molecule has 0 aromatic carbocycles. The summed E-state index contributed by atoms with van der Waals surface area (Å²) in [5.41, 5.74) is 0. The second-order valence-electron chi connectivity index (χ2n) is 7.46. The first-order valence-electron chi connectivity index (χ1n) is 7.96. The lowest BCUT2D eigenvalue weighted by atomic mass is 9.51. The largest absolute Gasteiger partial charge is 0.354 e. The molecule has 0 radical (unpaired) electrons. The van der Waals surface area contributed by atoms with Gasteiger partial charge in [-0.1, -0.05) is 13.8 Å². The number of nitrogens with one attached hydrogen (secondary N) is 1. The number of rotatable bonds is 4. The average Bonchev–Trinajstić information content (AvgIpc) is 2.34. The standard InChI is InChI=1S/C16H26ClNO/c1-9(2)14(17)8-18-16(19)15-12-4-10-3-11(6-12)7-13(15)5-10/h9-15H,3-8H2,1-2H3,(H,18,19). The number of hydrogen-bond acceptors (Lipinski definition) is 1. The Balaban J connectivity index is 1.58. The third kappa shape index (κ3) is 2.66.